The summed E-state index contributed by atoms with van der Waals surface area (Å²) in [6, 6.07) is 18.3. The first kappa shape index (κ1) is 20.7. The lowest BCUT2D eigenvalue weighted by Gasteiger charge is -2.13. The van der Waals surface area contributed by atoms with Gasteiger partial charge in [0.25, 0.3) is 5.91 Å². The van der Waals surface area contributed by atoms with Crippen molar-refractivity contribution in [2.75, 3.05) is 13.7 Å². The fourth-order valence-corrected chi connectivity index (χ4v) is 3.34. The number of fused-ring (bicyclic) bond motifs is 1. The number of benzene rings is 2. The van der Waals surface area contributed by atoms with Crippen molar-refractivity contribution in [1.82, 2.24) is 19.9 Å². The fraction of sp³-hybridized carbons (Fsp3) is 0.174. The lowest BCUT2D eigenvalue weighted by Crippen LogP contribution is -2.26. The summed E-state index contributed by atoms with van der Waals surface area (Å²) in [6.07, 6.45) is 2.46. The molecule has 158 valence electrons. The monoisotopic (exact) mass is 436 g/mol. The molecule has 7 nitrogen and oxygen atoms in total. The van der Waals surface area contributed by atoms with Gasteiger partial charge in [0.2, 0.25) is 0 Å². The summed E-state index contributed by atoms with van der Waals surface area (Å²) in [5.74, 6) is 1.60. The number of hydrogen-bond acceptors (Lipinski definition) is 5. The highest BCUT2D eigenvalue weighted by atomic mass is 35.5. The van der Waals surface area contributed by atoms with Gasteiger partial charge in [-0.25, -0.2) is 0 Å². The smallest absolute Gasteiger partial charge is 0.251 e. The number of nitrogens with zero attached hydrogens (tertiary/aromatic N) is 3. The van der Waals surface area contributed by atoms with E-state index in [1.807, 2.05) is 53.1 Å². The Morgan fingerprint density at radius 2 is 1.90 bits per heavy atom. The Morgan fingerprint density at radius 3 is 2.74 bits per heavy atom. The maximum absolute atomic E-state index is 12.6. The van der Waals surface area contributed by atoms with E-state index in [1.165, 1.54) is 7.11 Å². The fourth-order valence-electron chi connectivity index (χ4n) is 3.15. The highest BCUT2D eigenvalue weighted by Gasteiger charge is 2.12. The highest BCUT2D eigenvalue weighted by molar-refractivity contribution is 6.31. The van der Waals surface area contributed by atoms with Crippen LogP contribution in [0.1, 0.15) is 21.7 Å². The predicted molar refractivity (Wildman–Crippen MR) is 118 cm³/mol. The molecule has 2 aromatic heterocycles. The molecule has 1 amide bonds. The van der Waals surface area contributed by atoms with Gasteiger partial charge in [0.1, 0.15) is 12.4 Å². The lowest BCUT2D eigenvalue weighted by molar-refractivity contribution is 0.0953. The molecule has 31 heavy (non-hydrogen) atoms. The van der Waals surface area contributed by atoms with Gasteiger partial charge in [-0.3, -0.25) is 9.20 Å². The van der Waals surface area contributed by atoms with Crippen molar-refractivity contribution in [2.24, 2.45) is 0 Å². The molecule has 0 radical (unpaired) electrons. The van der Waals surface area contributed by atoms with Gasteiger partial charge >= 0.3 is 0 Å². The van der Waals surface area contributed by atoms with E-state index in [4.69, 9.17) is 21.1 Å². The molecule has 0 aliphatic heterocycles. The van der Waals surface area contributed by atoms with Crippen molar-refractivity contribution < 1.29 is 14.3 Å². The highest BCUT2D eigenvalue weighted by Crippen LogP contribution is 2.29. The van der Waals surface area contributed by atoms with Gasteiger partial charge in [0.15, 0.2) is 17.1 Å². The van der Waals surface area contributed by atoms with Crippen molar-refractivity contribution in [1.29, 1.82) is 0 Å². The number of nitrogens with one attached hydrogen (secondary N) is 1. The molecule has 8 heteroatoms. The minimum absolute atomic E-state index is 0.204. The summed E-state index contributed by atoms with van der Waals surface area (Å²) in [7, 11) is 1.54. The number of rotatable bonds is 8. The lowest BCUT2D eigenvalue weighted by atomic mass is 10.2. The molecule has 4 aromatic rings. The summed E-state index contributed by atoms with van der Waals surface area (Å²) in [4.78, 5) is 12.6. The minimum atomic E-state index is -0.204. The molecule has 0 saturated heterocycles. The van der Waals surface area contributed by atoms with Gasteiger partial charge in [0.05, 0.1) is 7.11 Å². The van der Waals surface area contributed by atoms with Crippen molar-refractivity contribution in [3.05, 3.63) is 88.8 Å². The molecule has 0 bridgehead atoms. The molecule has 2 heterocycles. The molecule has 0 aliphatic carbocycles. The van der Waals surface area contributed by atoms with Crippen LogP contribution in [0.4, 0.5) is 0 Å². The van der Waals surface area contributed by atoms with E-state index >= 15 is 0 Å². The average Bonchev–Trinajstić information content (AvgIpc) is 3.21. The molecule has 2 aromatic carbocycles. The Hall–Kier alpha value is -3.58. The van der Waals surface area contributed by atoms with Gasteiger partial charge in [-0.05, 0) is 36.4 Å². The second kappa shape index (κ2) is 9.49. The van der Waals surface area contributed by atoms with Crippen LogP contribution < -0.4 is 14.8 Å². The van der Waals surface area contributed by atoms with Crippen LogP contribution >= 0.6 is 11.6 Å². The van der Waals surface area contributed by atoms with Gasteiger partial charge in [-0.15, -0.1) is 10.2 Å². The zero-order valence-corrected chi connectivity index (χ0v) is 17.7. The normalized spacial score (nSPS) is 10.8. The number of halogens is 1. The van der Waals surface area contributed by atoms with Gasteiger partial charge < -0.3 is 14.8 Å². The van der Waals surface area contributed by atoms with Crippen molar-refractivity contribution >= 4 is 23.2 Å². The molecule has 0 unspecified atom stereocenters. The maximum Gasteiger partial charge on any atom is 0.251 e. The Labute approximate surface area is 184 Å². The standard InChI is InChI=1S/C23H21ClN4O3/c1-30-20-14-16(9-10-19(20)31-15-17-6-2-3-7-18(17)24)23(29)25-12-11-22-27-26-21-8-4-5-13-28(21)22/h2-10,13-14H,11-12,15H2,1H3,(H,25,29). The van der Waals surface area contributed by atoms with Gasteiger partial charge in [-0.2, -0.15) is 0 Å². The summed E-state index contributed by atoms with van der Waals surface area (Å²) >= 11 is 6.17. The number of carbonyl (C=O) groups excluding carboxylic acids is 1. The largest absolute Gasteiger partial charge is 0.493 e. The van der Waals surface area contributed by atoms with Crippen molar-refractivity contribution in [3.8, 4) is 11.5 Å². The number of methoxy groups -OCH3 is 1. The van der Waals surface area contributed by atoms with Crippen LogP contribution in [-0.2, 0) is 13.0 Å². The van der Waals surface area contributed by atoms with E-state index in [0.29, 0.717) is 41.7 Å². The van der Waals surface area contributed by atoms with E-state index in [0.717, 1.165) is 17.0 Å². The molecule has 0 saturated carbocycles. The van der Waals surface area contributed by atoms with Gasteiger partial charge in [-0.1, -0.05) is 35.9 Å². The molecular formula is C23H21ClN4O3. The summed E-state index contributed by atoms with van der Waals surface area (Å²) in [5.41, 5.74) is 2.13. The van der Waals surface area contributed by atoms with E-state index in [9.17, 15) is 4.79 Å². The molecule has 0 aliphatic rings. The van der Waals surface area contributed by atoms with Crippen LogP contribution in [0.15, 0.2) is 66.9 Å². The first-order chi connectivity index (χ1) is 15.2. The zero-order valence-electron chi connectivity index (χ0n) is 16.9. The second-order valence-corrected chi connectivity index (χ2v) is 7.20. The topological polar surface area (TPSA) is 77.8 Å². The first-order valence-corrected chi connectivity index (χ1v) is 10.1. The Morgan fingerprint density at radius 1 is 1.06 bits per heavy atom. The summed E-state index contributed by atoms with van der Waals surface area (Å²) < 4.78 is 13.2. The summed E-state index contributed by atoms with van der Waals surface area (Å²) in [5, 5.41) is 11.8. The average molecular weight is 437 g/mol. The minimum Gasteiger partial charge on any atom is -0.493 e. The van der Waals surface area contributed by atoms with Crippen molar-refractivity contribution in [3.63, 3.8) is 0 Å². The number of ether oxygens (including phenoxy) is 2. The maximum atomic E-state index is 12.6. The molecular weight excluding hydrogens is 416 g/mol. The van der Waals surface area contributed by atoms with Crippen LogP contribution in [0.5, 0.6) is 11.5 Å². The number of carbonyl (C=O) groups is 1. The number of hydrogen-bond donors (Lipinski definition) is 1. The van der Waals surface area contributed by atoms with Crippen LogP contribution in [-0.4, -0.2) is 34.2 Å². The molecule has 1 N–H and O–H groups in total. The Kier molecular flexibility index (Phi) is 6.33. The van der Waals surface area contributed by atoms with E-state index < -0.39 is 0 Å². The quantitative estimate of drug-likeness (QED) is 0.452. The van der Waals surface area contributed by atoms with Crippen LogP contribution in [0.25, 0.3) is 5.65 Å². The van der Waals surface area contributed by atoms with Crippen LogP contribution in [0.3, 0.4) is 0 Å². The molecule has 0 fully saturated rings. The third-order valence-electron chi connectivity index (χ3n) is 4.79. The SMILES string of the molecule is COc1cc(C(=O)NCCc2nnc3ccccn23)ccc1OCc1ccccc1Cl. The summed E-state index contributed by atoms with van der Waals surface area (Å²) in [6.45, 7) is 0.732. The molecule has 0 spiro atoms. The van der Waals surface area contributed by atoms with E-state index in [-0.39, 0.29) is 5.91 Å². The first-order valence-electron chi connectivity index (χ1n) is 9.77. The Bertz CT molecular complexity index is 1210. The third kappa shape index (κ3) is 4.78. The van der Waals surface area contributed by atoms with E-state index in [1.54, 1.807) is 18.2 Å². The number of aromatic nitrogens is 3. The predicted octanol–water partition coefficient (Wildman–Crippen LogP) is 3.94. The van der Waals surface area contributed by atoms with Gasteiger partial charge in [0, 0.05) is 35.3 Å². The zero-order chi connectivity index (χ0) is 21.6. The van der Waals surface area contributed by atoms with Crippen LogP contribution in [0.2, 0.25) is 5.02 Å². The van der Waals surface area contributed by atoms with Crippen LogP contribution in [0, 0.1) is 0 Å². The Balaban J connectivity index is 1.37. The second-order valence-electron chi connectivity index (χ2n) is 6.80. The van der Waals surface area contributed by atoms with E-state index in [2.05, 4.69) is 15.5 Å². The van der Waals surface area contributed by atoms with Crippen molar-refractivity contribution in [2.45, 2.75) is 13.0 Å². The molecule has 4 rings (SSSR count). The number of amides is 1. The number of pyridine rings is 1. The molecule has 0 atom stereocenters. The third-order valence-corrected chi connectivity index (χ3v) is 5.15.